The zero-order valence-electron chi connectivity index (χ0n) is 31.4. The molecule has 1 saturated carbocycles. The average Bonchev–Trinajstić information content (AvgIpc) is 3.62. The summed E-state index contributed by atoms with van der Waals surface area (Å²) in [5.74, 6) is -2.48. The van der Waals surface area contributed by atoms with Gasteiger partial charge in [-0.05, 0) is 61.9 Å². The number of amides is 3. The van der Waals surface area contributed by atoms with Gasteiger partial charge in [-0.25, -0.2) is 13.8 Å². The number of hydrogen-bond acceptors (Lipinski definition) is 7. The number of nitrogens with zero attached hydrogens (tertiary/aromatic N) is 2. The standard InChI is InChI=1S/C44H44F2N4O4S2/c1-28-37(55-27-48-28)34-20-19-29(23-35(34)45)25-47-39(52)36-24-33(51)26-50(36)40(53)38(49-41(54)43(46)21-22-43)42(2,3)56-44(30-13-7-4-8-14-30,31-15-9-5-10-16-31)32-17-11-6-12-18-32/h4-20,23,27,33,36,38,51H,21-22,24-26H2,1-3H3,(H,47,52)(H,49,54)/t33-,36+,38-/m1/s1. The number of rotatable bonds is 13. The van der Waals surface area contributed by atoms with E-state index in [0.29, 0.717) is 11.1 Å². The van der Waals surface area contributed by atoms with Crippen molar-refractivity contribution in [2.24, 2.45) is 0 Å². The van der Waals surface area contributed by atoms with Crippen LogP contribution in [-0.4, -0.2) is 67.9 Å². The molecule has 1 aliphatic carbocycles. The predicted octanol–water partition coefficient (Wildman–Crippen LogP) is 7.33. The molecule has 5 aromatic rings. The lowest BCUT2D eigenvalue weighted by Crippen LogP contribution is -2.61. The van der Waals surface area contributed by atoms with E-state index < -0.39 is 56.9 Å². The second-order valence-corrected chi connectivity index (χ2v) is 17.8. The number of carbonyl (C=O) groups is 3. The number of aromatic nitrogens is 1. The Balaban J connectivity index is 1.20. The quantitative estimate of drug-likeness (QED) is 0.108. The Labute approximate surface area is 333 Å². The molecule has 0 bridgehead atoms. The largest absolute Gasteiger partial charge is 0.391 e. The van der Waals surface area contributed by atoms with Crippen molar-refractivity contribution < 1.29 is 28.3 Å². The van der Waals surface area contributed by atoms with Crippen LogP contribution in [0.25, 0.3) is 10.4 Å². The molecule has 290 valence electrons. The van der Waals surface area contributed by atoms with Crippen LogP contribution in [-0.2, 0) is 25.7 Å². The van der Waals surface area contributed by atoms with Gasteiger partial charge in [-0.1, -0.05) is 103 Å². The van der Waals surface area contributed by atoms with E-state index in [2.05, 4.69) is 15.6 Å². The van der Waals surface area contributed by atoms with Crippen molar-refractivity contribution in [1.29, 1.82) is 0 Å². The van der Waals surface area contributed by atoms with Gasteiger partial charge < -0.3 is 20.6 Å². The first-order chi connectivity index (χ1) is 26.8. The van der Waals surface area contributed by atoms with Crippen LogP contribution in [0, 0.1) is 12.7 Å². The molecule has 12 heteroatoms. The number of β-amino-alcohol motifs (C(OH)–C–C–N with tert-alkyl or cyclic N) is 1. The molecule has 3 N–H and O–H groups in total. The number of likely N-dealkylation sites (tertiary alicyclic amines) is 1. The highest BCUT2D eigenvalue weighted by molar-refractivity contribution is 8.02. The van der Waals surface area contributed by atoms with Gasteiger partial charge in [0.25, 0.3) is 5.91 Å². The van der Waals surface area contributed by atoms with E-state index in [1.165, 1.54) is 34.1 Å². The van der Waals surface area contributed by atoms with Gasteiger partial charge in [-0.15, -0.1) is 23.1 Å². The number of halogens is 2. The maximum atomic E-state index is 15.4. The van der Waals surface area contributed by atoms with Crippen molar-refractivity contribution in [1.82, 2.24) is 20.5 Å². The molecule has 1 saturated heterocycles. The number of hydrogen-bond donors (Lipinski definition) is 3. The van der Waals surface area contributed by atoms with Crippen molar-refractivity contribution >= 4 is 40.8 Å². The summed E-state index contributed by atoms with van der Waals surface area (Å²) in [4.78, 5) is 48.6. The minimum atomic E-state index is -2.08. The Kier molecular flexibility index (Phi) is 11.2. The average molecular weight is 795 g/mol. The number of thiazole rings is 1. The highest BCUT2D eigenvalue weighted by Gasteiger charge is 2.55. The highest BCUT2D eigenvalue weighted by atomic mass is 32.2. The number of alkyl halides is 1. The highest BCUT2D eigenvalue weighted by Crippen LogP contribution is 2.54. The third-order valence-corrected chi connectivity index (χ3v) is 13.4. The van der Waals surface area contributed by atoms with Crippen molar-refractivity contribution in [3.8, 4) is 10.4 Å². The summed E-state index contributed by atoms with van der Waals surface area (Å²) in [5, 5.41) is 16.5. The molecule has 0 unspecified atom stereocenters. The summed E-state index contributed by atoms with van der Waals surface area (Å²) in [5.41, 5.74) is 4.01. The van der Waals surface area contributed by atoms with Crippen LogP contribution < -0.4 is 10.6 Å². The maximum absolute atomic E-state index is 15.4. The topological polar surface area (TPSA) is 112 Å². The van der Waals surface area contributed by atoms with E-state index in [4.69, 9.17) is 0 Å². The monoisotopic (exact) mass is 794 g/mol. The van der Waals surface area contributed by atoms with Gasteiger partial charge in [0.05, 0.1) is 26.9 Å². The molecule has 2 aliphatic rings. The summed E-state index contributed by atoms with van der Waals surface area (Å²) in [6, 6.07) is 32.0. The second kappa shape index (κ2) is 15.9. The number of benzene rings is 4. The van der Waals surface area contributed by atoms with Crippen molar-refractivity contribution in [3.63, 3.8) is 0 Å². The fourth-order valence-corrected chi connectivity index (χ4v) is 10.1. The van der Waals surface area contributed by atoms with Gasteiger partial charge in [0.15, 0.2) is 5.67 Å². The van der Waals surface area contributed by atoms with E-state index in [1.807, 2.05) is 112 Å². The maximum Gasteiger partial charge on any atom is 0.258 e. The Hall–Kier alpha value is -4.91. The first kappa shape index (κ1) is 39.3. The molecule has 2 fully saturated rings. The number of carbonyl (C=O) groups excluding carboxylic acids is 3. The first-order valence-corrected chi connectivity index (χ1v) is 20.3. The van der Waals surface area contributed by atoms with Gasteiger partial charge in [-0.3, -0.25) is 14.4 Å². The molecule has 8 nitrogen and oxygen atoms in total. The number of aryl methyl sites for hydroxylation is 1. The molecule has 1 aromatic heterocycles. The summed E-state index contributed by atoms with van der Waals surface area (Å²) in [6.07, 6.45) is -0.963. The SMILES string of the molecule is Cc1ncsc1-c1ccc(CNC(=O)[C@@H]2C[C@@H](O)CN2C(=O)[C@@H](NC(=O)C2(F)CC2)C(C)(C)SC(c2ccccc2)(c2ccccc2)c2ccccc2)cc1F. The van der Waals surface area contributed by atoms with E-state index in [9.17, 15) is 19.5 Å². The minimum absolute atomic E-state index is 0.0219. The van der Waals surface area contributed by atoms with Gasteiger partial charge >= 0.3 is 0 Å². The van der Waals surface area contributed by atoms with Gasteiger partial charge in [-0.2, -0.15) is 0 Å². The van der Waals surface area contributed by atoms with Crippen molar-refractivity contribution in [2.75, 3.05) is 6.54 Å². The molecular weight excluding hydrogens is 751 g/mol. The normalized spacial score (nSPS) is 18.3. The fraction of sp³-hybridized carbons (Fsp3) is 0.318. The smallest absolute Gasteiger partial charge is 0.258 e. The van der Waals surface area contributed by atoms with Crippen LogP contribution in [0.15, 0.2) is 115 Å². The van der Waals surface area contributed by atoms with Crippen LogP contribution in [0.2, 0.25) is 0 Å². The van der Waals surface area contributed by atoms with Crippen LogP contribution in [0.5, 0.6) is 0 Å². The van der Waals surface area contributed by atoms with E-state index in [0.717, 1.165) is 27.3 Å². The first-order valence-electron chi connectivity index (χ1n) is 18.6. The van der Waals surface area contributed by atoms with Crippen molar-refractivity contribution in [3.05, 3.63) is 148 Å². The van der Waals surface area contributed by atoms with E-state index in [1.54, 1.807) is 17.6 Å². The molecule has 3 amide bonds. The lowest BCUT2D eigenvalue weighted by molar-refractivity contribution is -0.143. The van der Waals surface area contributed by atoms with Gasteiger partial charge in [0.1, 0.15) is 17.9 Å². The molecular formula is C44H44F2N4O4S2. The van der Waals surface area contributed by atoms with Gasteiger partial charge in [0.2, 0.25) is 11.8 Å². The molecule has 1 aliphatic heterocycles. The van der Waals surface area contributed by atoms with Crippen LogP contribution >= 0.6 is 23.1 Å². The van der Waals surface area contributed by atoms with Crippen LogP contribution in [0.4, 0.5) is 8.78 Å². The van der Waals surface area contributed by atoms with Crippen molar-refractivity contribution in [2.45, 2.75) is 79.9 Å². The summed E-state index contributed by atoms with van der Waals surface area (Å²) >= 11 is 2.80. The molecule has 0 spiro atoms. The zero-order chi connectivity index (χ0) is 39.7. The predicted molar refractivity (Wildman–Crippen MR) is 216 cm³/mol. The van der Waals surface area contributed by atoms with E-state index in [-0.39, 0.29) is 32.4 Å². The second-order valence-electron chi connectivity index (χ2n) is 15.1. The molecule has 7 rings (SSSR count). The number of thioether (sulfide) groups is 1. The van der Waals surface area contributed by atoms with Gasteiger partial charge in [0, 0.05) is 29.8 Å². The Morgan fingerprint density at radius 2 is 1.52 bits per heavy atom. The number of nitrogens with one attached hydrogen (secondary N) is 2. The molecule has 2 heterocycles. The summed E-state index contributed by atoms with van der Waals surface area (Å²) < 4.78 is 28.6. The molecule has 56 heavy (non-hydrogen) atoms. The lowest BCUT2D eigenvalue weighted by atomic mass is 9.84. The summed E-state index contributed by atoms with van der Waals surface area (Å²) in [7, 11) is 0. The summed E-state index contributed by atoms with van der Waals surface area (Å²) in [6.45, 7) is 5.31. The third kappa shape index (κ3) is 7.87. The van der Waals surface area contributed by atoms with Crippen LogP contribution in [0.1, 0.15) is 61.1 Å². The van der Waals surface area contributed by atoms with E-state index >= 15 is 8.78 Å². The Morgan fingerprint density at radius 3 is 2.02 bits per heavy atom. The van der Waals surface area contributed by atoms with Crippen LogP contribution in [0.3, 0.4) is 0 Å². The zero-order valence-corrected chi connectivity index (χ0v) is 33.0. The number of aliphatic hydroxyl groups is 1. The Bertz CT molecular complexity index is 2100. The third-order valence-electron chi connectivity index (χ3n) is 10.6. The molecule has 4 aromatic carbocycles. The Morgan fingerprint density at radius 1 is 0.946 bits per heavy atom. The minimum Gasteiger partial charge on any atom is -0.391 e. The molecule has 3 atom stereocenters. The fourth-order valence-electron chi connectivity index (χ4n) is 7.47. The molecule has 0 radical (unpaired) electrons. The lowest BCUT2D eigenvalue weighted by Gasteiger charge is -2.45. The number of aliphatic hydroxyl groups excluding tert-OH is 1.